The van der Waals surface area contributed by atoms with Gasteiger partial charge < -0.3 is 15.2 Å². The predicted molar refractivity (Wildman–Crippen MR) is 106 cm³/mol. The third kappa shape index (κ3) is 4.52. The third-order valence-electron chi connectivity index (χ3n) is 4.22. The summed E-state index contributed by atoms with van der Waals surface area (Å²) in [5.41, 5.74) is 1.59. The van der Waals surface area contributed by atoms with E-state index in [2.05, 4.69) is 34.0 Å². The number of hydrogen-bond donors (Lipinski definition) is 2. The van der Waals surface area contributed by atoms with E-state index in [4.69, 9.17) is 0 Å². The second-order valence-corrected chi connectivity index (χ2v) is 7.26. The zero-order valence-electron chi connectivity index (χ0n) is 15.1. The first-order valence-corrected chi connectivity index (χ1v) is 9.69. The summed E-state index contributed by atoms with van der Waals surface area (Å²) in [6, 6.07) is 11.7. The SMILES string of the molecule is CCCC(NC(=O)c1cccc(NCc2cccs2)c1)c1nccn1C. The fourth-order valence-corrected chi connectivity index (χ4v) is 3.53. The number of benzene rings is 1. The van der Waals surface area contributed by atoms with Gasteiger partial charge in [-0.15, -0.1) is 11.3 Å². The van der Waals surface area contributed by atoms with E-state index in [0.717, 1.165) is 30.9 Å². The average Bonchev–Trinajstić information content (AvgIpc) is 3.31. The molecule has 136 valence electrons. The van der Waals surface area contributed by atoms with Crippen LogP contribution < -0.4 is 10.6 Å². The van der Waals surface area contributed by atoms with Gasteiger partial charge in [0.1, 0.15) is 5.82 Å². The molecule has 26 heavy (non-hydrogen) atoms. The molecule has 2 N–H and O–H groups in total. The van der Waals surface area contributed by atoms with Crippen molar-refractivity contribution in [3.63, 3.8) is 0 Å². The van der Waals surface area contributed by atoms with Gasteiger partial charge in [0.15, 0.2) is 0 Å². The molecule has 1 aromatic carbocycles. The van der Waals surface area contributed by atoms with Crippen LogP contribution in [0.15, 0.2) is 54.2 Å². The summed E-state index contributed by atoms with van der Waals surface area (Å²) in [7, 11) is 1.95. The van der Waals surface area contributed by atoms with Crippen molar-refractivity contribution in [2.45, 2.75) is 32.4 Å². The summed E-state index contributed by atoms with van der Waals surface area (Å²) in [5.74, 6) is 0.804. The lowest BCUT2D eigenvalue weighted by Crippen LogP contribution is -2.30. The maximum Gasteiger partial charge on any atom is 0.251 e. The Morgan fingerprint density at radius 1 is 1.31 bits per heavy atom. The molecular formula is C20H24N4OS. The molecule has 3 aromatic rings. The molecule has 0 radical (unpaired) electrons. The zero-order chi connectivity index (χ0) is 18.4. The molecule has 0 aliphatic carbocycles. The molecule has 1 unspecified atom stereocenters. The Labute approximate surface area is 158 Å². The smallest absolute Gasteiger partial charge is 0.251 e. The van der Waals surface area contributed by atoms with Gasteiger partial charge in [0.25, 0.3) is 5.91 Å². The van der Waals surface area contributed by atoms with Crippen molar-refractivity contribution in [1.29, 1.82) is 0 Å². The molecule has 0 fully saturated rings. The Hall–Kier alpha value is -2.60. The van der Waals surface area contributed by atoms with Crippen LogP contribution in [0.2, 0.25) is 0 Å². The van der Waals surface area contributed by atoms with Gasteiger partial charge in [-0.05, 0) is 36.1 Å². The predicted octanol–water partition coefficient (Wildman–Crippen LogP) is 4.36. The third-order valence-corrected chi connectivity index (χ3v) is 5.10. The normalized spacial score (nSPS) is 11.9. The summed E-state index contributed by atoms with van der Waals surface area (Å²) in [4.78, 5) is 18.4. The van der Waals surface area contributed by atoms with Crippen LogP contribution >= 0.6 is 11.3 Å². The number of amides is 1. The number of anilines is 1. The molecule has 1 atom stereocenters. The molecule has 3 rings (SSSR count). The van der Waals surface area contributed by atoms with E-state index in [1.54, 1.807) is 17.5 Å². The molecule has 6 heteroatoms. The van der Waals surface area contributed by atoms with Gasteiger partial charge >= 0.3 is 0 Å². The lowest BCUT2D eigenvalue weighted by Gasteiger charge is -2.18. The van der Waals surface area contributed by atoms with Crippen LogP contribution in [0.25, 0.3) is 0 Å². The molecule has 2 aromatic heterocycles. The highest BCUT2D eigenvalue weighted by Crippen LogP contribution is 2.19. The van der Waals surface area contributed by atoms with E-state index in [1.165, 1.54) is 4.88 Å². The number of carbonyl (C=O) groups excluding carboxylic acids is 1. The number of nitrogens with zero attached hydrogens (tertiary/aromatic N) is 2. The summed E-state index contributed by atoms with van der Waals surface area (Å²) >= 11 is 1.72. The van der Waals surface area contributed by atoms with E-state index >= 15 is 0 Å². The Bertz CT molecular complexity index is 841. The van der Waals surface area contributed by atoms with Crippen LogP contribution in [0.1, 0.15) is 46.9 Å². The summed E-state index contributed by atoms with van der Waals surface area (Å²) in [5, 5.41) is 8.56. The van der Waals surface area contributed by atoms with Gasteiger partial charge in [-0.1, -0.05) is 25.5 Å². The van der Waals surface area contributed by atoms with Crippen molar-refractivity contribution in [3.8, 4) is 0 Å². The van der Waals surface area contributed by atoms with E-state index in [0.29, 0.717) is 5.56 Å². The van der Waals surface area contributed by atoms with Crippen molar-refractivity contribution in [1.82, 2.24) is 14.9 Å². The number of thiophene rings is 1. The lowest BCUT2D eigenvalue weighted by atomic mass is 10.1. The van der Waals surface area contributed by atoms with Crippen LogP contribution in [0.5, 0.6) is 0 Å². The van der Waals surface area contributed by atoms with Gasteiger partial charge in [0, 0.05) is 42.1 Å². The van der Waals surface area contributed by atoms with E-state index in [-0.39, 0.29) is 11.9 Å². The number of nitrogens with one attached hydrogen (secondary N) is 2. The number of imidazole rings is 1. The second-order valence-electron chi connectivity index (χ2n) is 6.22. The number of aromatic nitrogens is 2. The standard InChI is InChI=1S/C20H24N4OS/c1-3-6-18(19-21-10-11-24(19)2)23-20(25)15-7-4-8-16(13-15)22-14-17-9-5-12-26-17/h4-5,7-13,18,22H,3,6,14H2,1-2H3,(H,23,25). The van der Waals surface area contributed by atoms with Crippen LogP contribution in [0, 0.1) is 0 Å². The second kappa shape index (κ2) is 8.67. The minimum Gasteiger partial charge on any atom is -0.380 e. The Morgan fingerprint density at radius 2 is 2.19 bits per heavy atom. The van der Waals surface area contributed by atoms with Crippen LogP contribution in [-0.2, 0) is 13.6 Å². The van der Waals surface area contributed by atoms with E-state index in [1.807, 2.05) is 48.1 Å². The molecule has 0 saturated carbocycles. The lowest BCUT2D eigenvalue weighted by molar-refractivity contribution is 0.0932. The van der Waals surface area contributed by atoms with Crippen LogP contribution in [0.3, 0.4) is 0 Å². The molecule has 0 saturated heterocycles. The maximum absolute atomic E-state index is 12.7. The fourth-order valence-electron chi connectivity index (χ4n) is 2.88. The van der Waals surface area contributed by atoms with Crippen LogP contribution in [-0.4, -0.2) is 15.5 Å². The highest BCUT2D eigenvalue weighted by molar-refractivity contribution is 7.09. The summed E-state index contributed by atoms with van der Waals surface area (Å²) < 4.78 is 1.96. The highest BCUT2D eigenvalue weighted by atomic mass is 32.1. The topological polar surface area (TPSA) is 59.0 Å². The first-order chi connectivity index (χ1) is 12.7. The van der Waals surface area contributed by atoms with Crippen molar-refractivity contribution in [2.75, 3.05) is 5.32 Å². The Morgan fingerprint density at radius 3 is 2.88 bits per heavy atom. The summed E-state index contributed by atoms with van der Waals surface area (Å²) in [6.45, 7) is 2.87. The van der Waals surface area contributed by atoms with Gasteiger partial charge in [-0.2, -0.15) is 0 Å². The van der Waals surface area contributed by atoms with Crippen molar-refractivity contribution in [2.24, 2.45) is 7.05 Å². The van der Waals surface area contributed by atoms with Crippen molar-refractivity contribution < 1.29 is 4.79 Å². The minimum absolute atomic E-state index is 0.0776. The van der Waals surface area contributed by atoms with E-state index < -0.39 is 0 Å². The molecule has 0 aliphatic heterocycles. The van der Waals surface area contributed by atoms with E-state index in [9.17, 15) is 4.79 Å². The number of aryl methyl sites for hydroxylation is 1. The first-order valence-electron chi connectivity index (χ1n) is 8.81. The number of rotatable bonds is 8. The van der Waals surface area contributed by atoms with Gasteiger partial charge in [0.2, 0.25) is 0 Å². The number of carbonyl (C=O) groups is 1. The largest absolute Gasteiger partial charge is 0.380 e. The van der Waals surface area contributed by atoms with Crippen molar-refractivity contribution >= 4 is 22.9 Å². The number of hydrogen-bond acceptors (Lipinski definition) is 4. The molecule has 0 bridgehead atoms. The monoisotopic (exact) mass is 368 g/mol. The fraction of sp³-hybridized carbons (Fsp3) is 0.300. The zero-order valence-corrected chi connectivity index (χ0v) is 15.9. The molecule has 5 nitrogen and oxygen atoms in total. The van der Waals surface area contributed by atoms with Crippen molar-refractivity contribution in [3.05, 3.63) is 70.4 Å². The maximum atomic E-state index is 12.7. The minimum atomic E-state index is -0.0877. The molecular weight excluding hydrogens is 344 g/mol. The average molecular weight is 369 g/mol. The quantitative estimate of drug-likeness (QED) is 0.621. The van der Waals surface area contributed by atoms with Crippen LogP contribution in [0.4, 0.5) is 5.69 Å². The highest BCUT2D eigenvalue weighted by Gasteiger charge is 2.18. The Balaban J connectivity index is 1.68. The van der Waals surface area contributed by atoms with Gasteiger partial charge in [-0.25, -0.2) is 4.98 Å². The molecule has 1 amide bonds. The molecule has 2 heterocycles. The van der Waals surface area contributed by atoms with Gasteiger partial charge in [-0.3, -0.25) is 4.79 Å². The molecule has 0 spiro atoms. The summed E-state index contributed by atoms with van der Waals surface area (Å²) in [6.07, 6.45) is 5.49. The first kappa shape index (κ1) is 18.2. The van der Waals surface area contributed by atoms with Gasteiger partial charge in [0.05, 0.1) is 6.04 Å². The Kier molecular flexibility index (Phi) is 6.07. The molecule has 0 aliphatic rings.